The van der Waals surface area contributed by atoms with Crippen molar-refractivity contribution in [3.8, 4) is 0 Å². The first-order chi connectivity index (χ1) is 10.8. The monoisotopic (exact) mass is 319 g/mol. The van der Waals surface area contributed by atoms with Crippen LogP contribution in [0.4, 0.5) is 5.95 Å². The topological polar surface area (TPSA) is 85.2 Å². The maximum Gasteiger partial charge on any atom is 0.266 e. The Morgan fingerprint density at radius 3 is 2.59 bits per heavy atom. The van der Waals surface area contributed by atoms with Gasteiger partial charge < -0.3 is 10.7 Å². The number of rotatable bonds is 4. The summed E-state index contributed by atoms with van der Waals surface area (Å²) in [7, 11) is 0. The van der Waals surface area contributed by atoms with Crippen molar-refractivity contribution in [2.24, 2.45) is 10.9 Å². The Balaban J connectivity index is 1.71. The van der Waals surface area contributed by atoms with Gasteiger partial charge in [0.2, 0.25) is 0 Å². The van der Waals surface area contributed by atoms with Gasteiger partial charge in [-0.3, -0.25) is 0 Å². The maximum atomic E-state index is 5.89. The van der Waals surface area contributed by atoms with Crippen LogP contribution in [0.5, 0.6) is 0 Å². The van der Waals surface area contributed by atoms with Gasteiger partial charge in [-0.1, -0.05) is 28.8 Å². The summed E-state index contributed by atoms with van der Waals surface area (Å²) in [6, 6.07) is 7.35. The van der Waals surface area contributed by atoms with Gasteiger partial charge in [0, 0.05) is 18.1 Å². The molecule has 22 heavy (non-hydrogen) atoms. The molecule has 1 aromatic heterocycles. The van der Waals surface area contributed by atoms with Crippen molar-refractivity contribution < 1.29 is 0 Å². The zero-order chi connectivity index (χ0) is 15.4. The molecule has 2 heterocycles. The molecule has 0 amide bonds. The summed E-state index contributed by atoms with van der Waals surface area (Å²) in [5.41, 5.74) is 1.57. The first-order valence-electron chi connectivity index (χ1n) is 7.32. The number of benzene rings is 1. The van der Waals surface area contributed by atoms with Crippen LogP contribution in [0.2, 0.25) is 5.02 Å². The molecule has 1 fully saturated rings. The normalized spacial score (nSPS) is 16.0. The van der Waals surface area contributed by atoms with Gasteiger partial charge in [0.1, 0.15) is 6.54 Å². The highest BCUT2D eigenvalue weighted by Crippen LogP contribution is 2.14. The Bertz CT molecular complexity index is 643. The number of nitrogens with two attached hydrogens (primary N) is 1. The Morgan fingerprint density at radius 2 is 1.91 bits per heavy atom. The Hall–Kier alpha value is -2.15. The van der Waals surface area contributed by atoms with Crippen molar-refractivity contribution in [2.45, 2.75) is 25.8 Å². The largest absolute Gasteiger partial charge is 0.338 e. The predicted molar refractivity (Wildman–Crippen MR) is 86.1 cm³/mol. The van der Waals surface area contributed by atoms with Crippen molar-refractivity contribution in [2.75, 3.05) is 18.0 Å². The quantitative estimate of drug-likeness (QED) is 0.526. The lowest BCUT2D eigenvalue weighted by Gasteiger charge is -2.24. The molecule has 0 unspecified atom stereocenters. The summed E-state index contributed by atoms with van der Waals surface area (Å²) in [6.07, 6.45) is 3.62. The number of halogens is 1. The zero-order valence-electron chi connectivity index (χ0n) is 12.2. The van der Waals surface area contributed by atoms with Crippen LogP contribution in [-0.2, 0) is 6.54 Å². The van der Waals surface area contributed by atoms with Gasteiger partial charge in [0.15, 0.2) is 0 Å². The fraction of sp³-hybridized carbons (Fsp3) is 0.429. The van der Waals surface area contributed by atoms with Crippen molar-refractivity contribution in [1.82, 2.24) is 20.2 Å². The maximum absolute atomic E-state index is 5.89. The van der Waals surface area contributed by atoms with Crippen molar-refractivity contribution in [1.29, 1.82) is 0 Å². The summed E-state index contributed by atoms with van der Waals surface area (Å²) in [5, 5.41) is 17.2. The first kappa shape index (κ1) is 14.8. The first-order valence-corrected chi connectivity index (χ1v) is 7.69. The van der Waals surface area contributed by atoms with E-state index in [1.54, 1.807) is 12.1 Å². The minimum atomic E-state index is 0.374. The molecular weight excluding hydrogens is 302 g/mol. The van der Waals surface area contributed by atoms with E-state index in [9.17, 15) is 0 Å². The number of tetrazole rings is 1. The fourth-order valence-electron chi connectivity index (χ4n) is 2.51. The molecule has 0 spiro atoms. The highest BCUT2D eigenvalue weighted by molar-refractivity contribution is 6.30. The van der Waals surface area contributed by atoms with Crippen LogP contribution in [0.15, 0.2) is 29.4 Å². The minimum Gasteiger partial charge on any atom is -0.338 e. The molecule has 1 aliphatic heterocycles. The highest BCUT2D eigenvalue weighted by atomic mass is 35.5. The van der Waals surface area contributed by atoms with E-state index in [2.05, 4.69) is 25.4 Å². The summed E-state index contributed by atoms with van der Waals surface area (Å²) in [6.45, 7) is 2.35. The fourth-order valence-corrected chi connectivity index (χ4v) is 2.63. The molecule has 2 N–H and O–H groups in total. The summed E-state index contributed by atoms with van der Waals surface area (Å²) < 4.78 is 0. The number of aromatic nitrogens is 4. The molecule has 0 radical (unpaired) electrons. The molecular formula is C14H18ClN7. The molecule has 116 valence electrons. The average molecular weight is 320 g/mol. The Morgan fingerprint density at radius 1 is 1.18 bits per heavy atom. The predicted octanol–water partition coefficient (Wildman–Crippen LogP) is 1.68. The number of hydrogen-bond acceptors (Lipinski definition) is 6. The molecule has 0 aliphatic carbocycles. The van der Waals surface area contributed by atoms with Crippen LogP contribution in [0.25, 0.3) is 0 Å². The molecule has 0 bridgehead atoms. The van der Waals surface area contributed by atoms with Crippen LogP contribution in [0, 0.1) is 0 Å². The van der Waals surface area contributed by atoms with Crippen LogP contribution in [0.1, 0.15) is 24.8 Å². The second kappa shape index (κ2) is 6.74. The van der Waals surface area contributed by atoms with E-state index < -0.39 is 0 Å². The van der Waals surface area contributed by atoms with E-state index in [0.29, 0.717) is 23.2 Å². The lowest BCUT2D eigenvalue weighted by Crippen LogP contribution is -2.30. The van der Waals surface area contributed by atoms with Crippen LogP contribution in [0.3, 0.4) is 0 Å². The lowest BCUT2D eigenvalue weighted by atomic mass is 10.1. The molecule has 3 rings (SSSR count). The minimum absolute atomic E-state index is 0.374. The van der Waals surface area contributed by atoms with Crippen LogP contribution < -0.4 is 10.7 Å². The van der Waals surface area contributed by atoms with Crippen molar-refractivity contribution >= 4 is 23.3 Å². The van der Waals surface area contributed by atoms with Gasteiger partial charge in [0.25, 0.3) is 5.95 Å². The van der Waals surface area contributed by atoms with Crippen LogP contribution >= 0.6 is 11.6 Å². The third-order valence-corrected chi connectivity index (χ3v) is 3.96. The molecule has 1 saturated heterocycles. The van der Waals surface area contributed by atoms with Gasteiger partial charge in [-0.15, -0.1) is 5.10 Å². The molecule has 0 saturated carbocycles. The SMILES string of the molecule is NN=C(Cn1nnc(N2CCCCC2)n1)c1ccc(Cl)cc1. The summed E-state index contributed by atoms with van der Waals surface area (Å²) in [4.78, 5) is 3.68. The number of hydrazone groups is 1. The smallest absolute Gasteiger partial charge is 0.266 e. The van der Waals surface area contributed by atoms with E-state index in [4.69, 9.17) is 17.4 Å². The number of nitrogens with zero attached hydrogens (tertiary/aromatic N) is 6. The summed E-state index contributed by atoms with van der Waals surface area (Å²) in [5.74, 6) is 6.17. The summed E-state index contributed by atoms with van der Waals surface area (Å²) >= 11 is 5.89. The molecule has 1 aromatic carbocycles. The van der Waals surface area contributed by atoms with E-state index in [0.717, 1.165) is 18.7 Å². The van der Waals surface area contributed by atoms with Crippen molar-refractivity contribution in [3.63, 3.8) is 0 Å². The Labute approximate surface area is 133 Å². The van der Waals surface area contributed by atoms with Crippen LogP contribution in [-0.4, -0.2) is 39.0 Å². The van der Waals surface area contributed by atoms with E-state index >= 15 is 0 Å². The van der Waals surface area contributed by atoms with Gasteiger partial charge in [-0.25, -0.2) is 0 Å². The second-order valence-corrected chi connectivity index (χ2v) is 5.69. The molecule has 2 aromatic rings. The zero-order valence-corrected chi connectivity index (χ0v) is 12.9. The average Bonchev–Trinajstić information content (AvgIpc) is 3.03. The molecule has 7 nitrogen and oxygen atoms in total. The molecule has 8 heteroatoms. The van der Waals surface area contributed by atoms with E-state index in [1.807, 2.05) is 12.1 Å². The van der Waals surface area contributed by atoms with Gasteiger partial charge in [-0.05, 0) is 42.2 Å². The van der Waals surface area contributed by atoms with E-state index in [-0.39, 0.29) is 0 Å². The standard InChI is InChI=1S/C14H18ClN7/c15-12-6-4-11(5-7-12)13(17-16)10-22-19-14(18-20-22)21-8-2-1-3-9-21/h4-7H,1-3,8-10,16H2. The van der Waals surface area contributed by atoms with E-state index in [1.165, 1.54) is 24.1 Å². The Kier molecular flexibility index (Phi) is 4.53. The van der Waals surface area contributed by atoms with Crippen molar-refractivity contribution in [3.05, 3.63) is 34.9 Å². The number of hydrogen-bond donors (Lipinski definition) is 1. The van der Waals surface area contributed by atoms with Gasteiger partial charge in [-0.2, -0.15) is 9.90 Å². The lowest BCUT2D eigenvalue weighted by molar-refractivity contribution is 0.563. The molecule has 0 atom stereocenters. The van der Waals surface area contributed by atoms with Gasteiger partial charge in [0.05, 0.1) is 5.71 Å². The van der Waals surface area contributed by atoms with Gasteiger partial charge >= 0.3 is 0 Å². The number of anilines is 1. The number of piperidine rings is 1. The third kappa shape index (κ3) is 3.36. The second-order valence-electron chi connectivity index (χ2n) is 5.25. The third-order valence-electron chi connectivity index (χ3n) is 3.71. The highest BCUT2D eigenvalue weighted by Gasteiger charge is 2.16. The molecule has 1 aliphatic rings.